The van der Waals surface area contributed by atoms with Gasteiger partial charge >= 0.3 is 0 Å². The number of aryl methyl sites for hydroxylation is 1. The summed E-state index contributed by atoms with van der Waals surface area (Å²) >= 11 is 0. The molecule has 1 aliphatic rings. The van der Waals surface area contributed by atoms with Crippen LogP contribution in [-0.2, 0) is 0 Å². The van der Waals surface area contributed by atoms with Crippen molar-refractivity contribution >= 4 is 5.82 Å². The highest BCUT2D eigenvalue weighted by atomic mass is 15.3. The van der Waals surface area contributed by atoms with Crippen molar-refractivity contribution in [2.75, 3.05) is 18.0 Å². The summed E-state index contributed by atoms with van der Waals surface area (Å²) < 4.78 is 0. The third-order valence-corrected chi connectivity index (χ3v) is 2.33. The van der Waals surface area contributed by atoms with Gasteiger partial charge in [-0.25, -0.2) is 0 Å². The second-order valence-corrected chi connectivity index (χ2v) is 3.53. The highest BCUT2D eigenvalue weighted by Gasteiger charge is 2.19. The van der Waals surface area contributed by atoms with E-state index in [1.54, 1.807) is 0 Å². The highest BCUT2D eigenvalue weighted by molar-refractivity contribution is 5.38. The van der Waals surface area contributed by atoms with Crippen LogP contribution in [-0.4, -0.2) is 29.3 Å². The molecule has 13 heavy (non-hydrogen) atoms. The molecule has 0 saturated carbocycles. The fourth-order valence-electron chi connectivity index (χ4n) is 1.56. The third-order valence-electron chi connectivity index (χ3n) is 2.33. The van der Waals surface area contributed by atoms with Crippen molar-refractivity contribution in [1.29, 1.82) is 0 Å². The molecule has 0 aromatic carbocycles. The van der Waals surface area contributed by atoms with Crippen molar-refractivity contribution in [3.63, 3.8) is 0 Å². The Morgan fingerprint density at radius 3 is 2.85 bits per heavy atom. The van der Waals surface area contributed by atoms with Crippen LogP contribution in [0.3, 0.4) is 0 Å². The zero-order chi connectivity index (χ0) is 9.26. The summed E-state index contributed by atoms with van der Waals surface area (Å²) in [7, 11) is 0. The Morgan fingerprint density at radius 1 is 1.46 bits per heavy atom. The maximum absolute atomic E-state index is 5.80. The van der Waals surface area contributed by atoms with Crippen LogP contribution >= 0.6 is 0 Å². The number of nitrogens with zero attached hydrogens (tertiary/aromatic N) is 3. The molecule has 1 aromatic heterocycles. The molecule has 2 N–H and O–H groups in total. The summed E-state index contributed by atoms with van der Waals surface area (Å²) in [5.74, 6) is 0.943. The molecule has 4 nitrogen and oxygen atoms in total. The number of nitrogens with two attached hydrogens (primary N) is 1. The number of hydrogen-bond acceptors (Lipinski definition) is 4. The fourth-order valence-corrected chi connectivity index (χ4v) is 1.56. The lowest BCUT2D eigenvalue weighted by atomic mass is 10.3. The molecule has 0 radical (unpaired) electrons. The monoisotopic (exact) mass is 178 g/mol. The zero-order valence-electron chi connectivity index (χ0n) is 7.77. The van der Waals surface area contributed by atoms with Crippen LogP contribution in [0.25, 0.3) is 0 Å². The van der Waals surface area contributed by atoms with E-state index in [2.05, 4.69) is 15.1 Å². The van der Waals surface area contributed by atoms with Crippen LogP contribution in [0.5, 0.6) is 0 Å². The number of hydrogen-bond donors (Lipinski definition) is 1. The van der Waals surface area contributed by atoms with E-state index < -0.39 is 0 Å². The zero-order valence-corrected chi connectivity index (χ0v) is 7.77. The van der Waals surface area contributed by atoms with E-state index in [0.29, 0.717) is 6.04 Å². The molecule has 0 spiro atoms. The average molecular weight is 178 g/mol. The van der Waals surface area contributed by atoms with Gasteiger partial charge in [0.1, 0.15) is 0 Å². The van der Waals surface area contributed by atoms with Crippen LogP contribution in [0.2, 0.25) is 0 Å². The van der Waals surface area contributed by atoms with E-state index in [4.69, 9.17) is 5.73 Å². The van der Waals surface area contributed by atoms with E-state index >= 15 is 0 Å². The predicted octanol–water partition coefficient (Wildman–Crippen LogP) is 0.322. The number of rotatable bonds is 1. The topological polar surface area (TPSA) is 55.0 Å². The molecule has 0 bridgehead atoms. The van der Waals surface area contributed by atoms with Crippen molar-refractivity contribution in [3.8, 4) is 0 Å². The van der Waals surface area contributed by atoms with Crippen molar-refractivity contribution in [2.45, 2.75) is 19.4 Å². The molecule has 1 aliphatic heterocycles. The van der Waals surface area contributed by atoms with Crippen molar-refractivity contribution in [3.05, 3.63) is 17.8 Å². The molecular weight excluding hydrogens is 164 g/mol. The lowest BCUT2D eigenvalue weighted by Gasteiger charge is -2.15. The summed E-state index contributed by atoms with van der Waals surface area (Å²) in [6, 6.07) is 4.27. The lowest BCUT2D eigenvalue weighted by molar-refractivity contribution is 0.750. The molecule has 1 aromatic rings. The minimum Gasteiger partial charge on any atom is -0.354 e. The smallest absolute Gasteiger partial charge is 0.151 e. The summed E-state index contributed by atoms with van der Waals surface area (Å²) in [6.45, 7) is 3.84. The summed E-state index contributed by atoms with van der Waals surface area (Å²) in [5.41, 5.74) is 6.75. The minimum absolute atomic E-state index is 0.295. The third kappa shape index (κ3) is 1.78. The van der Waals surface area contributed by atoms with Gasteiger partial charge in [0.05, 0.1) is 5.69 Å². The van der Waals surface area contributed by atoms with E-state index in [9.17, 15) is 0 Å². The molecule has 0 amide bonds. The molecule has 1 fully saturated rings. The largest absolute Gasteiger partial charge is 0.354 e. The Bertz CT molecular complexity index is 282. The predicted molar refractivity (Wildman–Crippen MR) is 51.6 cm³/mol. The number of aromatic nitrogens is 2. The Morgan fingerprint density at radius 2 is 2.31 bits per heavy atom. The number of anilines is 1. The van der Waals surface area contributed by atoms with Crippen LogP contribution in [0.4, 0.5) is 5.82 Å². The Hall–Kier alpha value is -1.16. The lowest BCUT2D eigenvalue weighted by Crippen LogP contribution is -2.27. The molecule has 2 heterocycles. The second kappa shape index (κ2) is 3.30. The van der Waals surface area contributed by atoms with Crippen molar-refractivity contribution in [2.24, 2.45) is 5.73 Å². The van der Waals surface area contributed by atoms with Crippen molar-refractivity contribution in [1.82, 2.24) is 10.2 Å². The summed E-state index contributed by atoms with van der Waals surface area (Å²) in [5, 5.41) is 8.13. The standard InChI is InChI=1S/C9H14N4/c1-7-2-3-9(12-11-7)13-5-4-8(10)6-13/h2-3,8H,4-6,10H2,1H3/t8-/m1/s1. The van der Waals surface area contributed by atoms with Gasteiger partial charge in [-0.2, -0.15) is 5.10 Å². The Kier molecular flexibility index (Phi) is 2.14. The molecule has 2 rings (SSSR count). The van der Waals surface area contributed by atoms with Gasteiger partial charge in [-0.05, 0) is 25.5 Å². The molecule has 70 valence electrons. The maximum atomic E-state index is 5.80. The van der Waals surface area contributed by atoms with E-state index in [1.807, 2.05) is 19.1 Å². The van der Waals surface area contributed by atoms with E-state index in [0.717, 1.165) is 31.0 Å². The molecule has 0 unspecified atom stereocenters. The Balaban J connectivity index is 2.13. The Labute approximate surface area is 77.8 Å². The normalized spacial score (nSPS) is 22.3. The first-order valence-corrected chi connectivity index (χ1v) is 4.56. The molecule has 0 aliphatic carbocycles. The summed E-state index contributed by atoms with van der Waals surface area (Å²) in [4.78, 5) is 2.18. The summed E-state index contributed by atoms with van der Waals surface area (Å²) in [6.07, 6.45) is 1.05. The molecular formula is C9H14N4. The van der Waals surface area contributed by atoms with Crippen LogP contribution in [0.15, 0.2) is 12.1 Å². The van der Waals surface area contributed by atoms with Gasteiger partial charge in [-0.3, -0.25) is 0 Å². The first-order valence-electron chi connectivity index (χ1n) is 4.56. The second-order valence-electron chi connectivity index (χ2n) is 3.53. The average Bonchev–Trinajstić information content (AvgIpc) is 2.53. The van der Waals surface area contributed by atoms with Gasteiger partial charge in [0, 0.05) is 19.1 Å². The van der Waals surface area contributed by atoms with Crippen LogP contribution in [0, 0.1) is 6.92 Å². The van der Waals surface area contributed by atoms with Crippen molar-refractivity contribution < 1.29 is 0 Å². The molecule has 1 saturated heterocycles. The first kappa shape index (κ1) is 8.44. The first-order chi connectivity index (χ1) is 6.25. The van der Waals surface area contributed by atoms with Gasteiger partial charge in [-0.1, -0.05) is 0 Å². The SMILES string of the molecule is Cc1ccc(N2CC[C@@H](N)C2)nn1. The maximum Gasteiger partial charge on any atom is 0.151 e. The van der Waals surface area contributed by atoms with Gasteiger partial charge in [0.15, 0.2) is 5.82 Å². The van der Waals surface area contributed by atoms with Gasteiger partial charge in [0.2, 0.25) is 0 Å². The molecule has 4 heteroatoms. The van der Waals surface area contributed by atoms with Crippen LogP contribution in [0.1, 0.15) is 12.1 Å². The molecule has 1 atom stereocenters. The van der Waals surface area contributed by atoms with E-state index in [-0.39, 0.29) is 0 Å². The quantitative estimate of drug-likeness (QED) is 0.673. The van der Waals surface area contributed by atoms with Gasteiger partial charge in [0.25, 0.3) is 0 Å². The minimum atomic E-state index is 0.295. The van der Waals surface area contributed by atoms with Crippen LogP contribution < -0.4 is 10.6 Å². The fraction of sp³-hybridized carbons (Fsp3) is 0.556. The highest BCUT2D eigenvalue weighted by Crippen LogP contribution is 2.15. The van der Waals surface area contributed by atoms with E-state index in [1.165, 1.54) is 0 Å². The van der Waals surface area contributed by atoms with Gasteiger partial charge < -0.3 is 10.6 Å². The van der Waals surface area contributed by atoms with Gasteiger partial charge in [-0.15, -0.1) is 5.10 Å².